The minimum atomic E-state index is 0.270. The average Bonchev–Trinajstić information content (AvgIpc) is 2.77. The Balaban J connectivity index is 2.34. The number of hydrogen-bond donors (Lipinski definition) is 0. The fourth-order valence-corrected chi connectivity index (χ4v) is 2.31. The van der Waals surface area contributed by atoms with Gasteiger partial charge in [-0.15, -0.1) is 0 Å². The van der Waals surface area contributed by atoms with Gasteiger partial charge in [-0.1, -0.05) is 27.2 Å². The summed E-state index contributed by atoms with van der Waals surface area (Å²) in [5.41, 5.74) is 2.46. The summed E-state index contributed by atoms with van der Waals surface area (Å²) in [7, 11) is 0. The Morgan fingerprint density at radius 2 is 2.12 bits per heavy atom. The number of halogens is 2. The van der Waals surface area contributed by atoms with E-state index in [2.05, 4.69) is 26.1 Å². The van der Waals surface area contributed by atoms with E-state index in [1.54, 1.807) is 12.3 Å². The minimum Gasteiger partial charge on any atom is -0.344 e. The maximum Gasteiger partial charge on any atom is 0.226 e. The van der Waals surface area contributed by atoms with Crippen molar-refractivity contribution in [3.05, 3.63) is 46.2 Å². The first-order valence-corrected chi connectivity index (χ1v) is 6.08. The van der Waals surface area contributed by atoms with Gasteiger partial charge in [0.15, 0.2) is 0 Å². The largest absolute Gasteiger partial charge is 0.344 e. The highest BCUT2D eigenvalue weighted by molar-refractivity contribution is 9.10. The Hall–Kier alpha value is -1.39. The van der Waals surface area contributed by atoms with Gasteiger partial charge in [0.25, 0.3) is 0 Å². The fraction of sp³-hybridized carbons (Fsp3) is 0. The van der Waals surface area contributed by atoms with Crippen molar-refractivity contribution < 1.29 is 4.52 Å². The van der Waals surface area contributed by atoms with E-state index in [1.807, 2.05) is 24.3 Å². The second-order valence-electron chi connectivity index (χ2n) is 3.51. The molecule has 3 nitrogen and oxygen atoms in total. The van der Waals surface area contributed by atoms with E-state index in [9.17, 15) is 0 Å². The molecule has 0 aliphatic heterocycles. The Morgan fingerprint density at radius 1 is 1.24 bits per heavy atom. The zero-order valence-corrected chi connectivity index (χ0v) is 10.9. The maximum absolute atomic E-state index is 5.73. The van der Waals surface area contributed by atoms with Gasteiger partial charge >= 0.3 is 0 Å². The van der Waals surface area contributed by atoms with E-state index in [-0.39, 0.29) is 5.22 Å². The first kappa shape index (κ1) is 10.7. The van der Waals surface area contributed by atoms with Gasteiger partial charge in [0.05, 0.1) is 5.52 Å². The van der Waals surface area contributed by atoms with Crippen molar-refractivity contribution in [2.24, 2.45) is 0 Å². The highest BCUT2D eigenvalue weighted by Gasteiger charge is 2.11. The molecule has 0 amide bonds. The molecular weight excluding hydrogens is 304 g/mol. The van der Waals surface area contributed by atoms with Crippen LogP contribution in [-0.2, 0) is 0 Å². The molecule has 2 heterocycles. The molecule has 0 bridgehead atoms. The van der Waals surface area contributed by atoms with Gasteiger partial charge in [0.2, 0.25) is 5.22 Å². The predicted molar refractivity (Wildman–Crippen MR) is 70.0 cm³/mol. The van der Waals surface area contributed by atoms with Gasteiger partial charge in [-0.2, -0.15) is 0 Å². The van der Waals surface area contributed by atoms with Gasteiger partial charge in [-0.3, -0.25) is 4.98 Å². The van der Waals surface area contributed by atoms with Crippen LogP contribution in [0.15, 0.2) is 45.5 Å². The number of nitrogens with zero attached hydrogens (tertiary/aromatic N) is 2. The normalized spacial score (nSPS) is 10.9. The van der Waals surface area contributed by atoms with Crippen LogP contribution in [0.1, 0.15) is 0 Å². The van der Waals surface area contributed by atoms with Crippen molar-refractivity contribution in [1.29, 1.82) is 0 Å². The number of rotatable bonds is 1. The van der Waals surface area contributed by atoms with Crippen LogP contribution in [-0.4, -0.2) is 10.1 Å². The van der Waals surface area contributed by atoms with Crippen molar-refractivity contribution in [3.63, 3.8) is 0 Å². The third-order valence-corrected chi connectivity index (χ3v) is 3.34. The molecule has 3 rings (SSSR count). The molecular formula is C12H6BrClN2O. The molecule has 0 aliphatic rings. The topological polar surface area (TPSA) is 38.9 Å². The molecule has 17 heavy (non-hydrogen) atoms. The van der Waals surface area contributed by atoms with Crippen LogP contribution in [0.2, 0.25) is 5.22 Å². The summed E-state index contributed by atoms with van der Waals surface area (Å²) in [5.74, 6) is 0. The third-order valence-electron chi connectivity index (χ3n) is 2.47. The van der Waals surface area contributed by atoms with Gasteiger partial charge in [0, 0.05) is 27.7 Å². The first-order valence-electron chi connectivity index (χ1n) is 4.91. The van der Waals surface area contributed by atoms with E-state index < -0.39 is 0 Å². The standard InChI is InChI=1S/C12H6BrClN2O/c13-9-4-3-8(10-6-11(14)17-16-10)12-7(9)2-1-5-15-12/h1-6H. The molecule has 0 N–H and O–H groups in total. The van der Waals surface area contributed by atoms with Crippen LogP contribution in [0.4, 0.5) is 0 Å². The van der Waals surface area contributed by atoms with Gasteiger partial charge < -0.3 is 4.52 Å². The second-order valence-corrected chi connectivity index (χ2v) is 4.74. The fourth-order valence-electron chi connectivity index (χ4n) is 1.72. The zero-order chi connectivity index (χ0) is 11.8. The Labute approximate surface area is 111 Å². The lowest BCUT2D eigenvalue weighted by Crippen LogP contribution is -1.85. The van der Waals surface area contributed by atoms with Crippen LogP contribution in [0.3, 0.4) is 0 Å². The molecule has 1 aromatic carbocycles. The first-order chi connectivity index (χ1) is 8.25. The number of aromatic nitrogens is 2. The molecule has 0 fully saturated rings. The Bertz CT molecular complexity index is 696. The smallest absolute Gasteiger partial charge is 0.226 e. The molecule has 0 atom stereocenters. The molecule has 0 unspecified atom stereocenters. The molecule has 3 aromatic rings. The molecule has 0 aliphatic carbocycles. The average molecular weight is 310 g/mol. The van der Waals surface area contributed by atoms with Gasteiger partial charge in [0.1, 0.15) is 5.69 Å². The predicted octanol–water partition coefficient (Wildman–Crippen LogP) is 4.31. The van der Waals surface area contributed by atoms with Crippen LogP contribution in [0.5, 0.6) is 0 Å². The lowest BCUT2D eigenvalue weighted by atomic mass is 10.1. The van der Waals surface area contributed by atoms with Gasteiger partial charge in [-0.05, 0) is 29.8 Å². The van der Waals surface area contributed by atoms with Crippen molar-refractivity contribution in [3.8, 4) is 11.3 Å². The molecule has 0 saturated heterocycles. The van der Waals surface area contributed by atoms with E-state index in [1.165, 1.54) is 0 Å². The van der Waals surface area contributed by atoms with Crippen molar-refractivity contribution in [1.82, 2.24) is 10.1 Å². The van der Waals surface area contributed by atoms with Crippen LogP contribution >= 0.6 is 27.5 Å². The summed E-state index contributed by atoms with van der Waals surface area (Å²) in [4.78, 5) is 4.37. The van der Waals surface area contributed by atoms with Crippen LogP contribution in [0, 0.1) is 0 Å². The lowest BCUT2D eigenvalue weighted by molar-refractivity contribution is 0.424. The molecule has 2 aromatic heterocycles. The number of benzene rings is 1. The summed E-state index contributed by atoms with van der Waals surface area (Å²) in [5, 5.41) is 5.21. The zero-order valence-electron chi connectivity index (χ0n) is 8.52. The van der Waals surface area contributed by atoms with Crippen molar-refractivity contribution >= 4 is 38.4 Å². The molecule has 0 spiro atoms. The van der Waals surface area contributed by atoms with Crippen LogP contribution in [0.25, 0.3) is 22.2 Å². The second kappa shape index (κ2) is 4.13. The van der Waals surface area contributed by atoms with Crippen LogP contribution < -0.4 is 0 Å². The third kappa shape index (κ3) is 1.83. The van der Waals surface area contributed by atoms with Crippen molar-refractivity contribution in [2.45, 2.75) is 0 Å². The molecule has 0 saturated carbocycles. The monoisotopic (exact) mass is 308 g/mol. The van der Waals surface area contributed by atoms with E-state index in [0.717, 1.165) is 20.9 Å². The molecule has 84 valence electrons. The SMILES string of the molecule is Clc1cc(-c2ccc(Br)c3cccnc23)no1. The highest BCUT2D eigenvalue weighted by atomic mass is 79.9. The van der Waals surface area contributed by atoms with E-state index in [4.69, 9.17) is 16.1 Å². The Kier molecular flexibility index (Phi) is 2.61. The highest BCUT2D eigenvalue weighted by Crippen LogP contribution is 2.31. The Morgan fingerprint density at radius 3 is 2.88 bits per heavy atom. The van der Waals surface area contributed by atoms with E-state index >= 15 is 0 Å². The summed E-state index contributed by atoms with van der Waals surface area (Å²) in [6, 6.07) is 9.47. The quantitative estimate of drug-likeness (QED) is 0.672. The summed E-state index contributed by atoms with van der Waals surface area (Å²) >= 11 is 9.23. The lowest BCUT2D eigenvalue weighted by Gasteiger charge is -2.03. The summed E-state index contributed by atoms with van der Waals surface area (Å²) in [6.07, 6.45) is 1.75. The molecule has 0 radical (unpaired) electrons. The molecule has 5 heteroatoms. The minimum absolute atomic E-state index is 0.270. The van der Waals surface area contributed by atoms with Gasteiger partial charge in [-0.25, -0.2) is 0 Å². The number of hydrogen-bond acceptors (Lipinski definition) is 3. The summed E-state index contributed by atoms with van der Waals surface area (Å²) in [6.45, 7) is 0. The van der Waals surface area contributed by atoms with Crippen molar-refractivity contribution in [2.75, 3.05) is 0 Å². The summed E-state index contributed by atoms with van der Waals surface area (Å²) < 4.78 is 5.87. The number of pyridine rings is 1. The number of fused-ring (bicyclic) bond motifs is 1. The maximum atomic E-state index is 5.73. The van der Waals surface area contributed by atoms with E-state index in [0.29, 0.717) is 5.69 Å².